The molecule has 0 unspecified atom stereocenters. The number of ether oxygens (including phenoxy) is 1. The van der Waals surface area contributed by atoms with Gasteiger partial charge in [0.2, 0.25) is 0 Å². The first-order valence-corrected chi connectivity index (χ1v) is 4.60. The Kier molecular flexibility index (Phi) is 3.68. The van der Waals surface area contributed by atoms with E-state index in [-0.39, 0.29) is 11.8 Å². The first-order chi connectivity index (χ1) is 6.22. The molecule has 3 heteroatoms. The van der Waals surface area contributed by atoms with Gasteiger partial charge in [-0.15, -0.1) is 0 Å². The molecule has 0 amide bonds. The Morgan fingerprint density at radius 2 is 2.31 bits per heavy atom. The molecule has 0 aromatic heterocycles. The van der Waals surface area contributed by atoms with Gasteiger partial charge in [-0.2, -0.15) is 0 Å². The quantitative estimate of drug-likeness (QED) is 0.620. The minimum atomic E-state index is -0.178. The predicted octanol–water partition coefficient (Wildman–Crippen LogP) is 1.62. The highest BCUT2D eigenvalue weighted by Crippen LogP contribution is 2.19. The first kappa shape index (κ1) is 9.96. The molecule has 1 rings (SSSR count). The summed E-state index contributed by atoms with van der Waals surface area (Å²) in [5.41, 5.74) is 1.08. The summed E-state index contributed by atoms with van der Waals surface area (Å²) in [5.74, 6) is 0.00149. The molecule has 0 heterocycles. The molecule has 0 saturated heterocycles. The largest absolute Gasteiger partial charge is 0.466 e. The third-order valence-electron chi connectivity index (χ3n) is 2.01. The topological polar surface area (TPSA) is 43.4 Å². The number of rotatable bonds is 4. The minimum absolute atomic E-state index is 0.178. The highest BCUT2D eigenvalue weighted by Gasteiger charge is 2.12. The van der Waals surface area contributed by atoms with Crippen LogP contribution in [0.4, 0.5) is 0 Å². The maximum atomic E-state index is 10.9. The molecule has 0 aliphatic heterocycles. The molecular formula is C10H14O3. The predicted molar refractivity (Wildman–Crippen MR) is 48.2 cm³/mol. The molecule has 13 heavy (non-hydrogen) atoms. The zero-order chi connectivity index (χ0) is 9.68. The lowest BCUT2D eigenvalue weighted by molar-refractivity contribution is -0.143. The molecule has 0 aromatic rings. The fourth-order valence-corrected chi connectivity index (χ4v) is 1.35. The summed E-state index contributed by atoms with van der Waals surface area (Å²) in [7, 11) is 0. The Morgan fingerprint density at radius 3 is 2.85 bits per heavy atom. The molecule has 0 N–H and O–H groups in total. The van der Waals surface area contributed by atoms with Crippen molar-refractivity contribution in [1.29, 1.82) is 0 Å². The van der Waals surface area contributed by atoms with E-state index < -0.39 is 0 Å². The van der Waals surface area contributed by atoms with E-state index in [9.17, 15) is 9.59 Å². The van der Waals surface area contributed by atoms with Crippen LogP contribution in [0.3, 0.4) is 0 Å². The van der Waals surface area contributed by atoms with Gasteiger partial charge in [-0.25, -0.2) is 0 Å². The first-order valence-electron chi connectivity index (χ1n) is 4.60. The lowest BCUT2D eigenvalue weighted by atomic mass is 10.1. The average Bonchev–Trinajstić information content (AvgIpc) is 2.49. The van der Waals surface area contributed by atoms with Crippen LogP contribution in [0.1, 0.15) is 32.6 Å². The third kappa shape index (κ3) is 3.40. The van der Waals surface area contributed by atoms with E-state index in [1.54, 1.807) is 13.0 Å². The lowest BCUT2D eigenvalue weighted by Gasteiger charge is -2.01. The maximum Gasteiger partial charge on any atom is 0.306 e. The zero-order valence-corrected chi connectivity index (χ0v) is 7.84. The molecule has 0 fully saturated rings. The van der Waals surface area contributed by atoms with Gasteiger partial charge in [-0.3, -0.25) is 9.59 Å². The van der Waals surface area contributed by atoms with Gasteiger partial charge < -0.3 is 4.74 Å². The van der Waals surface area contributed by atoms with Crippen molar-refractivity contribution in [2.45, 2.75) is 32.6 Å². The average molecular weight is 182 g/mol. The van der Waals surface area contributed by atoms with Gasteiger partial charge in [0.05, 0.1) is 6.61 Å². The van der Waals surface area contributed by atoms with Gasteiger partial charge in [0.1, 0.15) is 0 Å². The van der Waals surface area contributed by atoms with E-state index in [1.165, 1.54) is 0 Å². The molecule has 72 valence electrons. The van der Waals surface area contributed by atoms with Crippen molar-refractivity contribution in [3.8, 4) is 0 Å². The van der Waals surface area contributed by atoms with Crippen LogP contribution in [-0.2, 0) is 14.3 Å². The summed E-state index contributed by atoms with van der Waals surface area (Å²) in [6, 6.07) is 0. The summed E-state index contributed by atoms with van der Waals surface area (Å²) < 4.78 is 4.78. The lowest BCUT2D eigenvalue weighted by Crippen LogP contribution is -2.03. The number of carbonyl (C=O) groups is 2. The van der Waals surface area contributed by atoms with Gasteiger partial charge in [0.25, 0.3) is 0 Å². The second-order valence-corrected chi connectivity index (χ2v) is 3.07. The van der Waals surface area contributed by atoms with Crippen LogP contribution in [-0.4, -0.2) is 18.4 Å². The van der Waals surface area contributed by atoms with Crippen LogP contribution in [0, 0.1) is 0 Å². The van der Waals surface area contributed by atoms with Crippen LogP contribution in [0.15, 0.2) is 11.6 Å². The van der Waals surface area contributed by atoms with Crippen LogP contribution < -0.4 is 0 Å². The normalized spacial score (nSPS) is 15.8. The van der Waals surface area contributed by atoms with E-state index in [0.717, 1.165) is 12.0 Å². The molecule has 0 spiro atoms. The third-order valence-corrected chi connectivity index (χ3v) is 2.01. The number of hydrogen-bond acceptors (Lipinski definition) is 3. The summed E-state index contributed by atoms with van der Waals surface area (Å²) in [4.78, 5) is 21.8. The van der Waals surface area contributed by atoms with Gasteiger partial charge >= 0.3 is 5.97 Å². The monoisotopic (exact) mass is 182 g/mol. The standard InChI is InChI=1S/C10H14O3/c1-2-13-10(12)6-4-8-3-5-9(11)7-8/h7H,2-6H2,1H3. The van der Waals surface area contributed by atoms with E-state index in [1.807, 2.05) is 0 Å². The van der Waals surface area contributed by atoms with E-state index in [0.29, 0.717) is 25.9 Å². The van der Waals surface area contributed by atoms with E-state index >= 15 is 0 Å². The highest BCUT2D eigenvalue weighted by atomic mass is 16.5. The fourth-order valence-electron chi connectivity index (χ4n) is 1.35. The molecule has 3 nitrogen and oxygen atoms in total. The Bertz CT molecular complexity index is 241. The second-order valence-electron chi connectivity index (χ2n) is 3.07. The number of esters is 1. The van der Waals surface area contributed by atoms with Gasteiger partial charge in [-0.05, 0) is 25.8 Å². The smallest absolute Gasteiger partial charge is 0.306 e. The minimum Gasteiger partial charge on any atom is -0.466 e. The van der Waals surface area contributed by atoms with E-state index in [4.69, 9.17) is 4.74 Å². The molecule has 0 bridgehead atoms. The van der Waals surface area contributed by atoms with Crippen LogP contribution in [0.25, 0.3) is 0 Å². The van der Waals surface area contributed by atoms with Crippen LogP contribution in [0.2, 0.25) is 0 Å². The summed E-state index contributed by atoms with van der Waals surface area (Å²) in [6.07, 6.45) is 4.15. The molecule has 1 aliphatic carbocycles. The SMILES string of the molecule is CCOC(=O)CCC1=CC(=O)CC1. The Balaban J connectivity index is 2.23. The van der Waals surface area contributed by atoms with Crippen molar-refractivity contribution in [2.24, 2.45) is 0 Å². The van der Waals surface area contributed by atoms with E-state index in [2.05, 4.69) is 0 Å². The van der Waals surface area contributed by atoms with Crippen molar-refractivity contribution < 1.29 is 14.3 Å². The molecule has 0 atom stereocenters. The Labute approximate surface area is 77.8 Å². The molecular weight excluding hydrogens is 168 g/mol. The summed E-state index contributed by atoms with van der Waals surface area (Å²) >= 11 is 0. The fraction of sp³-hybridized carbons (Fsp3) is 0.600. The Hall–Kier alpha value is -1.12. The van der Waals surface area contributed by atoms with Crippen molar-refractivity contribution in [1.82, 2.24) is 0 Å². The van der Waals surface area contributed by atoms with Crippen LogP contribution in [0.5, 0.6) is 0 Å². The summed E-state index contributed by atoms with van der Waals surface area (Å²) in [6.45, 7) is 2.22. The van der Waals surface area contributed by atoms with Crippen molar-refractivity contribution in [2.75, 3.05) is 6.61 Å². The number of hydrogen-bond donors (Lipinski definition) is 0. The van der Waals surface area contributed by atoms with Crippen molar-refractivity contribution in [3.63, 3.8) is 0 Å². The molecule has 0 aromatic carbocycles. The van der Waals surface area contributed by atoms with Gasteiger partial charge in [-0.1, -0.05) is 5.57 Å². The van der Waals surface area contributed by atoms with Gasteiger partial charge in [0, 0.05) is 12.8 Å². The van der Waals surface area contributed by atoms with Gasteiger partial charge in [0.15, 0.2) is 5.78 Å². The zero-order valence-electron chi connectivity index (χ0n) is 7.84. The van der Waals surface area contributed by atoms with Crippen molar-refractivity contribution in [3.05, 3.63) is 11.6 Å². The molecule has 0 radical (unpaired) electrons. The maximum absolute atomic E-state index is 10.9. The number of ketones is 1. The Morgan fingerprint density at radius 1 is 1.54 bits per heavy atom. The highest BCUT2D eigenvalue weighted by molar-refractivity contribution is 5.93. The second kappa shape index (κ2) is 4.80. The number of allylic oxidation sites excluding steroid dienone is 2. The molecule has 0 saturated carbocycles. The van der Waals surface area contributed by atoms with Crippen molar-refractivity contribution >= 4 is 11.8 Å². The molecule has 1 aliphatic rings. The van der Waals surface area contributed by atoms with Crippen LogP contribution >= 0.6 is 0 Å². The number of carbonyl (C=O) groups excluding carboxylic acids is 2. The summed E-state index contributed by atoms with van der Waals surface area (Å²) in [5, 5.41) is 0.